The van der Waals surface area contributed by atoms with Crippen LogP contribution in [0.15, 0.2) is 48.6 Å². The van der Waals surface area contributed by atoms with Crippen molar-refractivity contribution in [1.29, 1.82) is 0 Å². The van der Waals surface area contributed by atoms with Gasteiger partial charge in [-0.25, -0.2) is 0 Å². The van der Waals surface area contributed by atoms with Gasteiger partial charge in [-0.3, -0.25) is 14.4 Å². The van der Waals surface area contributed by atoms with Crippen molar-refractivity contribution in [1.82, 2.24) is 4.90 Å². The first-order chi connectivity index (χ1) is 17.8. The highest BCUT2D eigenvalue weighted by molar-refractivity contribution is 6.05. The van der Waals surface area contributed by atoms with Crippen molar-refractivity contribution in [3.63, 3.8) is 0 Å². The normalized spacial score (nSPS) is 35.2. The first kappa shape index (κ1) is 25.5. The number of aliphatic hydroxyl groups is 1. The maximum atomic E-state index is 14.3. The van der Waals surface area contributed by atoms with Crippen LogP contribution in [0, 0.1) is 11.8 Å². The van der Waals surface area contributed by atoms with Crippen molar-refractivity contribution in [2.45, 2.75) is 56.4 Å². The molecule has 1 N–H and O–H groups in total. The number of carbonyl (C=O) groups is 3. The Balaban J connectivity index is 1.64. The molecular weight excluding hydrogens is 476 g/mol. The maximum absolute atomic E-state index is 14.3. The molecule has 37 heavy (non-hydrogen) atoms. The van der Waals surface area contributed by atoms with Crippen molar-refractivity contribution in [2.24, 2.45) is 11.8 Å². The minimum atomic E-state index is -1.39. The fraction of sp³-hybridized carbons (Fsp3) is 0.536. The van der Waals surface area contributed by atoms with Gasteiger partial charge in [0.15, 0.2) is 0 Å². The fourth-order valence-corrected chi connectivity index (χ4v) is 6.29. The molecule has 6 atom stereocenters. The number of allylic oxidation sites excluding steroid dienone is 1. The number of carbonyl (C=O) groups excluding carboxylic acids is 3. The van der Waals surface area contributed by atoms with Gasteiger partial charge < -0.3 is 29.1 Å². The summed E-state index contributed by atoms with van der Waals surface area (Å²) in [6.07, 6.45) is 9.85. The molecule has 1 aromatic rings. The molecule has 4 aliphatic rings. The van der Waals surface area contributed by atoms with Gasteiger partial charge in [0.1, 0.15) is 23.3 Å². The van der Waals surface area contributed by atoms with Gasteiger partial charge in [-0.2, -0.15) is 0 Å². The molecule has 1 aromatic carbocycles. The molecule has 0 radical (unpaired) electrons. The lowest BCUT2D eigenvalue weighted by Crippen LogP contribution is -2.58. The summed E-state index contributed by atoms with van der Waals surface area (Å²) in [5.41, 5.74) is -1.89. The van der Waals surface area contributed by atoms with E-state index < -0.39 is 47.0 Å². The van der Waals surface area contributed by atoms with Crippen LogP contribution in [0.3, 0.4) is 0 Å². The number of esters is 1. The predicted octanol–water partition coefficient (Wildman–Crippen LogP) is 2.23. The lowest BCUT2D eigenvalue weighted by atomic mass is 9.74. The zero-order valence-corrected chi connectivity index (χ0v) is 21.5. The van der Waals surface area contributed by atoms with E-state index in [9.17, 15) is 19.5 Å². The number of hydrogen-bond donors (Lipinski definition) is 1. The van der Waals surface area contributed by atoms with Crippen LogP contribution in [0.1, 0.15) is 33.1 Å². The molecule has 4 aliphatic heterocycles. The van der Waals surface area contributed by atoms with E-state index >= 15 is 0 Å². The standard InChI is InChI=1S/C28H34N2O7/c1-18(17-31)30-23-25(33)29(19-9-11-20(35-3)12-10-19)15-8-14-28(23)21(24(30)32)22-26(34)36-16-7-5-4-6-13-27(22,2)37-28/h6,8-14,18,21-23,31H,4-5,7,15-17H2,1-3H3/b13-6-/t18-,21+,22+,23?,27-,28+/m1/s1. The molecule has 198 valence electrons. The molecule has 0 bridgehead atoms. The predicted molar refractivity (Wildman–Crippen MR) is 135 cm³/mol. The average molecular weight is 511 g/mol. The minimum Gasteiger partial charge on any atom is -0.497 e. The van der Waals surface area contributed by atoms with Gasteiger partial charge in [0, 0.05) is 12.2 Å². The fourth-order valence-electron chi connectivity index (χ4n) is 6.29. The van der Waals surface area contributed by atoms with Crippen LogP contribution in [-0.2, 0) is 23.9 Å². The van der Waals surface area contributed by atoms with Crippen molar-refractivity contribution in [3.05, 3.63) is 48.6 Å². The summed E-state index contributed by atoms with van der Waals surface area (Å²) in [4.78, 5) is 44.9. The van der Waals surface area contributed by atoms with Crippen LogP contribution >= 0.6 is 0 Å². The van der Waals surface area contributed by atoms with Crippen LogP contribution in [0.4, 0.5) is 5.69 Å². The molecule has 5 rings (SSSR count). The van der Waals surface area contributed by atoms with Crippen molar-refractivity contribution in [2.75, 3.05) is 31.8 Å². The first-order valence-corrected chi connectivity index (χ1v) is 12.9. The van der Waals surface area contributed by atoms with Gasteiger partial charge in [0.05, 0.1) is 37.9 Å². The summed E-state index contributed by atoms with van der Waals surface area (Å²) < 4.78 is 17.6. The third-order valence-corrected chi connectivity index (χ3v) is 8.06. The molecule has 9 heteroatoms. The number of anilines is 1. The summed E-state index contributed by atoms with van der Waals surface area (Å²) in [5.74, 6) is -2.47. The topological polar surface area (TPSA) is 106 Å². The Labute approximate surface area is 216 Å². The number of hydrogen-bond acceptors (Lipinski definition) is 7. The summed E-state index contributed by atoms with van der Waals surface area (Å²) in [6.45, 7) is 3.68. The van der Waals surface area contributed by atoms with Crippen molar-refractivity contribution in [3.8, 4) is 5.75 Å². The number of nitrogens with zero attached hydrogens (tertiary/aromatic N) is 2. The van der Waals surface area contributed by atoms with E-state index in [-0.39, 0.29) is 25.7 Å². The van der Waals surface area contributed by atoms with E-state index in [4.69, 9.17) is 14.2 Å². The van der Waals surface area contributed by atoms with Gasteiger partial charge in [-0.1, -0.05) is 24.3 Å². The van der Waals surface area contributed by atoms with Gasteiger partial charge in [-0.05, 0) is 57.4 Å². The van der Waals surface area contributed by atoms with Gasteiger partial charge in [-0.15, -0.1) is 0 Å². The third kappa shape index (κ3) is 3.95. The van der Waals surface area contributed by atoms with E-state index in [0.29, 0.717) is 11.4 Å². The van der Waals surface area contributed by atoms with E-state index in [0.717, 1.165) is 19.3 Å². The molecular formula is C28H34N2O7. The number of aliphatic hydroxyl groups excluding tert-OH is 1. The second kappa shape index (κ2) is 9.61. The minimum absolute atomic E-state index is 0.261. The Kier molecular flexibility index (Phi) is 6.62. The number of benzene rings is 1. The van der Waals surface area contributed by atoms with Crippen LogP contribution < -0.4 is 9.64 Å². The number of likely N-dealkylation sites (tertiary alicyclic amines) is 1. The van der Waals surface area contributed by atoms with Gasteiger partial charge in [0.25, 0.3) is 5.91 Å². The van der Waals surface area contributed by atoms with Crippen LogP contribution in [0.5, 0.6) is 5.75 Å². The molecule has 1 spiro atoms. The van der Waals surface area contributed by atoms with Crippen LogP contribution in [0.25, 0.3) is 0 Å². The molecule has 2 amide bonds. The van der Waals surface area contributed by atoms with E-state index in [1.165, 1.54) is 4.90 Å². The largest absolute Gasteiger partial charge is 0.497 e. The highest BCUT2D eigenvalue weighted by Gasteiger charge is 2.75. The number of rotatable bonds is 4. The lowest BCUT2D eigenvalue weighted by Gasteiger charge is -2.39. The second-order valence-electron chi connectivity index (χ2n) is 10.4. The summed E-state index contributed by atoms with van der Waals surface area (Å²) in [7, 11) is 1.57. The Morgan fingerprint density at radius 1 is 1.08 bits per heavy atom. The molecule has 0 aliphatic carbocycles. The number of methoxy groups -OCH3 is 1. The Morgan fingerprint density at radius 2 is 1.84 bits per heavy atom. The number of cyclic esters (lactones) is 1. The van der Waals surface area contributed by atoms with E-state index in [1.54, 1.807) is 56.2 Å². The van der Waals surface area contributed by atoms with Gasteiger partial charge in [0.2, 0.25) is 5.91 Å². The summed E-state index contributed by atoms with van der Waals surface area (Å²) in [6, 6.07) is 5.39. The zero-order chi connectivity index (χ0) is 26.4. The van der Waals surface area contributed by atoms with Gasteiger partial charge >= 0.3 is 5.97 Å². The highest BCUT2D eigenvalue weighted by Crippen LogP contribution is 2.57. The number of amides is 2. The first-order valence-electron chi connectivity index (χ1n) is 12.9. The van der Waals surface area contributed by atoms with E-state index in [2.05, 4.69) is 0 Å². The maximum Gasteiger partial charge on any atom is 0.313 e. The molecule has 9 nitrogen and oxygen atoms in total. The summed E-state index contributed by atoms with van der Waals surface area (Å²) in [5, 5.41) is 10.1. The van der Waals surface area contributed by atoms with Crippen LogP contribution in [-0.4, -0.2) is 77.9 Å². The highest BCUT2D eigenvalue weighted by atomic mass is 16.6. The Morgan fingerprint density at radius 3 is 2.54 bits per heavy atom. The third-order valence-electron chi connectivity index (χ3n) is 8.06. The zero-order valence-electron chi connectivity index (χ0n) is 21.5. The number of ether oxygens (including phenoxy) is 3. The van der Waals surface area contributed by atoms with Crippen molar-refractivity contribution < 1.29 is 33.7 Å². The lowest BCUT2D eigenvalue weighted by molar-refractivity contribution is -0.159. The number of fused-ring (bicyclic) bond motifs is 2. The molecule has 0 saturated carbocycles. The molecule has 4 heterocycles. The quantitative estimate of drug-likeness (QED) is 0.489. The monoisotopic (exact) mass is 510 g/mol. The smallest absolute Gasteiger partial charge is 0.313 e. The SMILES string of the molecule is COc1ccc(N2CC=C[C@]34O[C@]5(C)/C=C\CCCCOC(=O)[C@@H]5[C@H]3C(=O)N([C@H](C)CO)C4C2=O)cc1. The molecule has 1 unspecified atom stereocenters. The van der Waals surface area contributed by atoms with Crippen LogP contribution in [0.2, 0.25) is 0 Å². The van der Waals surface area contributed by atoms with E-state index in [1.807, 2.05) is 18.2 Å². The molecule has 2 saturated heterocycles. The Bertz CT molecular complexity index is 1130. The van der Waals surface area contributed by atoms with Crippen molar-refractivity contribution >= 4 is 23.5 Å². The summed E-state index contributed by atoms with van der Waals surface area (Å²) >= 11 is 0. The molecule has 2 fully saturated rings. The molecule has 0 aromatic heterocycles. The average Bonchev–Trinajstić information content (AvgIpc) is 3.23. The Hall–Kier alpha value is -3.17. The second-order valence-corrected chi connectivity index (χ2v) is 10.4.